The lowest BCUT2D eigenvalue weighted by Gasteiger charge is -2.06. The highest BCUT2D eigenvalue weighted by molar-refractivity contribution is 7.80. The number of ether oxygens (including phenoxy) is 1. The lowest BCUT2D eigenvalue weighted by atomic mass is 9.89. The third-order valence-electron chi connectivity index (χ3n) is 1.92. The molecular weight excluding hydrogens is 192 g/mol. The molecule has 0 radical (unpaired) electrons. The Kier molecular flexibility index (Phi) is 2.56. The van der Waals surface area contributed by atoms with Crippen molar-refractivity contribution in [3.63, 3.8) is 0 Å². The molecule has 0 aromatic carbocycles. The molecule has 0 aromatic rings. The molecule has 0 aliphatic carbocycles. The molecule has 1 aliphatic rings. The van der Waals surface area contributed by atoms with Gasteiger partial charge in [0.1, 0.15) is 23.4 Å². The van der Waals surface area contributed by atoms with Gasteiger partial charge < -0.3 is 4.74 Å². The van der Waals surface area contributed by atoms with Crippen LogP contribution in [0.4, 0.5) is 0 Å². The number of thiocarbonyl (C=S) groups is 1. The number of carbonyl (C=O) groups excluding carboxylic acids is 3. The van der Waals surface area contributed by atoms with Gasteiger partial charge in [-0.1, -0.05) is 0 Å². The maximum Gasteiger partial charge on any atom is 0.323 e. The van der Waals surface area contributed by atoms with Crippen LogP contribution in [0.15, 0.2) is 0 Å². The minimum Gasteiger partial charge on any atom is -0.418 e. The van der Waals surface area contributed by atoms with Crippen LogP contribution in [0.5, 0.6) is 0 Å². The summed E-state index contributed by atoms with van der Waals surface area (Å²) in [5.41, 5.74) is 0. The van der Waals surface area contributed by atoms with Crippen molar-refractivity contribution >= 4 is 34.8 Å². The molecule has 0 aromatic heterocycles. The molecule has 0 N–H and O–H groups in total. The number of carbonyl (C=O) groups is 3. The van der Waals surface area contributed by atoms with Crippen LogP contribution in [0, 0.1) is 11.8 Å². The van der Waals surface area contributed by atoms with E-state index in [4.69, 9.17) is 0 Å². The van der Waals surface area contributed by atoms with E-state index in [1.807, 2.05) is 0 Å². The third kappa shape index (κ3) is 1.65. The number of hydrogen-bond acceptors (Lipinski definition) is 5. The summed E-state index contributed by atoms with van der Waals surface area (Å²) in [5.74, 6) is -3.29. The van der Waals surface area contributed by atoms with Crippen molar-refractivity contribution in [2.75, 3.05) is 0 Å². The van der Waals surface area contributed by atoms with Crippen LogP contribution in [0.2, 0.25) is 0 Å². The fourth-order valence-corrected chi connectivity index (χ4v) is 1.68. The van der Waals surface area contributed by atoms with E-state index in [1.165, 1.54) is 13.8 Å². The second kappa shape index (κ2) is 3.33. The number of Topliss-reactive ketones (excluding diaryl/α,β-unsaturated/α-hetero) is 2. The Balaban J connectivity index is 3.03. The molecule has 1 saturated heterocycles. The molecule has 4 nitrogen and oxygen atoms in total. The zero-order valence-electron chi connectivity index (χ0n) is 7.20. The average molecular weight is 200 g/mol. The summed E-state index contributed by atoms with van der Waals surface area (Å²) in [6, 6.07) is 0. The number of rotatable bonds is 2. The topological polar surface area (TPSA) is 60.4 Å². The van der Waals surface area contributed by atoms with Gasteiger partial charge in [-0.25, -0.2) is 0 Å². The molecular formula is C8H8O4S. The van der Waals surface area contributed by atoms with Crippen LogP contribution in [-0.4, -0.2) is 22.6 Å². The molecule has 5 heteroatoms. The van der Waals surface area contributed by atoms with Gasteiger partial charge in [0.2, 0.25) is 0 Å². The summed E-state index contributed by atoms with van der Waals surface area (Å²) in [6.45, 7) is 2.53. The highest BCUT2D eigenvalue weighted by Gasteiger charge is 2.46. The van der Waals surface area contributed by atoms with Crippen LogP contribution < -0.4 is 0 Å². The van der Waals surface area contributed by atoms with Gasteiger partial charge in [-0.3, -0.25) is 14.4 Å². The largest absolute Gasteiger partial charge is 0.418 e. The molecule has 70 valence electrons. The fourth-order valence-electron chi connectivity index (χ4n) is 1.30. The zero-order valence-corrected chi connectivity index (χ0v) is 8.01. The monoisotopic (exact) mass is 200 g/mol. The van der Waals surface area contributed by atoms with Gasteiger partial charge in [-0.15, -0.1) is 0 Å². The number of cyclic esters (lactones) is 1. The van der Waals surface area contributed by atoms with Gasteiger partial charge in [-0.05, 0) is 26.1 Å². The molecule has 2 atom stereocenters. The molecule has 1 fully saturated rings. The van der Waals surface area contributed by atoms with Gasteiger partial charge in [0, 0.05) is 0 Å². The molecule has 0 bridgehead atoms. The zero-order chi connectivity index (χ0) is 10.2. The van der Waals surface area contributed by atoms with Gasteiger partial charge in [-0.2, -0.15) is 0 Å². The first-order valence-corrected chi connectivity index (χ1v) is 4.12. The second-order valence-electron chi connectivity index (χ2n) is 2.92. The van der Waals surface area contributed by atoms with Crippen molar-refractivity contribution in [1.82, 2.24) is 0 Å². The summed E-state index contributed by atoms with van der Waals surface area (Å²) >= 11 is 4.67. The maximum atomic E-state index is 11.1. The highest BCUT2D eigenvalue weighted by atomic mass is 32.1. The predicted molar refractivity (Wildman–Crippen MR) is 47.0 cm³/mol. The number of ketones is 2. The van der Waals surface area contributed by atoms with Gasteiger partial charge in [0.05, 0.1) is 0 Å². The Morgan fingerprint density at radius 2 is 1.69 bits per heavy atom. The fraction of sp³-hybridized carbons (Fsp3) is 0.500. The predicted octanol–water partition coefficient (Wildman–Crippen LogP) is 0.281. The molecule has 0 amide bonds. The minimum absolute atomic E-state index is 0.0855. The summed E-state index contributed by atoms with van der Waals surface area (Å²) in [6.07, 6.45) is 0. The normalized spacial score (nSPS) is 27.2. The Labute approximate surface area is 80.2 Å². The minimum atomic E-state index is -1.02. The van der Waals surface area contributed by atoms with Crippen LogP contribution >= 0.6 is 12.2 Å². The van der Waals surface area contributed by atoms with E-state index in [0.29, 0.717) is 0 Å². The summed E-state index contributed by atoms with van der Waals surface area (Å²) in [7, 11) is 0. The van der Waals surface area contributed by atoms with Gasteiger partial charge in [0.15, 0.2) is 5.05 Å². The van der Waals surface area contributed by atoms with E-state index < -0.39 is 17.8 Å². The van der Waals surface area contributed by atoms with Crippen molar-refractivity contribution in [3.05, 3.63) is 0 Å². The molecule has 1 rings (SSSR count). The van der Waals surface area contributed by atoms with E-state index >= 15 is 0 Å². The van der Waals surface area contributed by atoms with Gasteiger partial charge >= 0.3 is 5.97 Å². The van der Waals surface area contributed by atoms with E-state index in [9.17, 15) is 14.4 Å². The van der Waals surface area contributed by atoms with Crippen LogP contribution in [0.3, 0.4) is 0 Å². The first-order valence-electron chi connectivity index (χ1n) is 3.71. The van der Waals surface area contributed by atoms with Crippen molar-refractivity contribution in [1.29, 1.82) is 0 Å². The Morgan fingerprint density at radius 3 is 2.00 bits per heavy atom. The molecule has 1 aliphatic heterocycles. The lowest BCUT2D eigenvalue weighted by Crippen LogP contribution is -2.29. The summed E-state index contributed by atoms with van der Waals surface area (Å²) in [5, 5.41) is -0.0855. The van der Waals surface area contributed by atoms with E-state index in [1.54, 1.807) is 0 Å². The summed E-state index contributed by atoms with van der Waals surface area (Å²) in [4.78, 5) is 33.1. The average Bonchev–Trinajstić information content (AvgIpc) is 2.24. The van der Waals surface area contributed by atoms with E-state index in [2.05, 4.69) is 17.0 Å². The third-order valence-corrected chi connectivity index (χ3v) is 2.26. The summed E-state index contributed by atoms with van der Waals surface area (Å²) < 4.78 is 4.56. The molecule has 0 spiro atoms. The lowest BCUT2D eigenvalue weighted by molar-refractivity contribution is -0.143. The van der Waals surface area contributed by atoms with Crippen molar-refractivity contribution in [2.45, 2.75) is 13.8 Å². The van der Waals surface area contributed by atoms with E-state index in [0.717, 1.165) is 0 Å². The standard InChI is InChI=1S/C8H8O4S/c1-3(9)5-6(4(2)10)8(13)12-7(5)11/h5-6H,1-2H3. The smallest absolute Gasteiger partial charge is 0.323 e. The highest BCUT2D eigenvalue weighted by Crippen LogP contribution is 2.26. The van der Waals surface area contributed by atoms with Gasteiger partial charge in [0.25, 0.3) is 0 Å². The van der Waals surface area contributed by atoms with Crippen molar-refractivity contribution in [3.8, 4) is 0 Å². The first kappa shape index (κ1) is 9.98. The number of hydrogen-bond donors (Lipinski definition) is 0. The maximum absolute atomic E-state index is 11.1. The molecule has 13 heavy (non-hydrogen) atoms. The quantitative estimate of drug-likeness (QED) is 0.364. The van der Waals surface area contributed by atoms with Crippen molar-refractivity contribution in [2.24, 2.45) is 11.8 Å². The Bertz CT molecular complexity index is 277. The molecule has 0 saturated carbocycles. The second-order valence-corrected chi connectivity index (χ2v) is 3.32. The first-order chi connectivity index (χ1) is 5.95. The Morgan fingerprint density at radius 1 is 1.23 bits per heavy atom. The molecule has 2 unspecified atom stereocenters. The van der Waals surface area contributed by atoms with Crippen LogP contribution in [-0.2, 0) is 19.1 Å². The Hall–Kier alpha value is -1.10. The molecule has 1 heterocycles. The van der Waals surface area contributed by atoms with Crippen LogP contribution in [0.1, 0.15) is 13.8 Å². The van der Waals surface area contributed by atoms with Crippen LogP contribution in [0.25, 0.3) is 0 Å². The van der Waals surface area contributed by atoms with E-state index in [-0.39, 0.29) is 16.6 Å². The SMILES string of the molecule is CC(=O)C1C(=O)OC(=S)C1C(C)=O. The van der Waals surface area contributed by atoms with Crippen molar-refractivity contribution < 1.29 is 19.1 Å². The number of esters is 1.